The summed E-state index contributed by atoms with van der Waals surface area (Å²) in [6.45, 7) is 4.59. The average molecular weight is 408 g/mol. The van der Waals surface area contributed by atoms with Gasteiger partial charge < -0.3 is 0 Å². The first kappa shape index (κ1) is 19.1. The molecule has 3 aromatic carbocycles. The highest BCUT2D eigenvalue weighted by Gasteiger charge is 2.25. The zero-order chi connectivity index (χ0) is 20.5. The number of thioether (sulfide) groups is 1. The lowest BCUT2D eigenvalue weighted by molar-refractivity contribution is 0.893. The van der Waals surface area contributed by atoms with Crippen LogP contribution < -0.4 is 0 Å². The molecule has 5 rings (SSSR count). The molecular weight excluding hydrogens is 382 g/mol. The molecule has 1 aliphatic carbocycles. The summed E-state index contributed by atoms with van der Waals surface area (Å²) in [5, 5.41) is 0. The Morgan fingerprint density at radius 2 is 1.43 bits per heavy atom. The molecule has 30 heavy (non-hydrogen) atoms. The van der Waals surface area contributed by atoms with Crippen LogP contribution in [0.2, 0.25) is 0 Å². The van der Waals surface area contributed by atoms with E-state index in [1.165, 1.54) is 37.8 Å². The van der Waals surface area contributed by atoms with Crippen molar-refractivity contribution >= 4 is 23.2 Å². The van der Waals surface area contributed by atoms with E-state index in [1.807, 2.05) is 11.8 Å². The predicted octanol–water partition coefficient (Wildman–Crippen LogP) is 8.03. The van der Waals surface area contributed by atoms with Gasteiger partial charge in [0.05, 0.1) is 11.4 Å². The number of aliphatic imine (C=N–C) groups is 1. The fourth-order valence-electron chi connectivity index (χ4n) is 4.29. The Balaban J connectivity index is 1.49. The molecule has 0 aromatic heterocycles. The van der Waals surface area contributed by atoms with Crippen LogP contribution in [0.3, 0.4) is 0 Å². The number of benzene rings is 3. The summed E-state index contributed by atoms with van der Waals surface area (Å²) in [5.41, 5.74) is 7.76. The van der Waals surface area contributed by atoms with Gasteiger partial charge in [0.25, 0.3) is 0 Å². The molecule has 2 heteroatoms. The maximum Gasteiger partial charge on any atom is 0.0775 e. The molecule has 0 saturated heterocycles. The molecule has 0 saturated carbocycles. The molecule has 2 atom stereocenters. The monoisotopic (exact) mass is 407 g/mol. The molecule has 0 N–H and O–H groups in total. The highest BCUT2D eigenvalue weighted by molar-refractivity contribution is 8.04. The molecule has 0 spiro atoms. The number of fused-ring (bicyclic) bond motifs is 2. The Hall–Kier alpha value is -2.84. The first-order chi connectivity index (χ1) is 14.7. The summed E-state index contributed by atoms with van der Waals surface area (Å²) < 4.78 is 0. The van der Waals surface area contributed by atoms with Gasteiger partial charge in [-0.1, -0.05) is 104 Å². The largest absolute Gasteiger partial charge is 0.251 e. The van der Waals surface area contributed by atoms with Crippen LogP contribution in [0.25, 0.3) is 0 Å². The molecule has 0 fully saturated rings. The van der Waals surface area contributed by atoms with Gasteiger partial charge in [0.1, 0.15) is 0 Å². The van der Waals surface area contributed by atoms with Crippen LogP contribution in [0.5, 0.6) is 0 Å². The van der Waals surface area contributed by atoms with Crippen molar-refractivity contribution in [2.24, 2.45) is 4.99 Å². The minimum absolute atomic E-state index is 0.341. The average Bonchev–Trinajstić information content (AvgIpc) is 2.82. The van der Waals surface area contributed by atoms with Gasteiger partial charge in [-0.15, -0.1) is 0 Å². The molecule has 3 aromatic rings. The highest BCUT2D eigenvalue weighted by atomic mass is 32.2. The van der Waals surface area contributed by atoms with Gasteiger partial charge >= 0.3 is 0 Å². The summed E-state index contributed by atoms with van der Waals surface area (Å²) in [6.07, 6.45) is 5.61. The maximum absolute atomic E-state index is 5.05. The third kappa shape index (κ3) is 3.57. The van der Waals surface area contributed by atoms with Gasteiger partial charge in [-0.05, 0) is 34.4 Å². The lowest BCUT2D eigenvalue weighted by Gasteiger charge is -2.26. The molecule has 2 unspecified atom stereocenters. The Morgan fingerprint density at radius 3 is 2.13 bits per heavy atom. The third-order valence-electron chi connectivity index (χ3n) is 6.17. The van der Waals surface area contributed by atoms with Crippen LogP contribution in [0.4, 0.5) is 5.69 Å². The second-order valence-electron chi connectivity index (χ2n) is 8.04. The first-order valence-corrected chi connectivity index (χ1v) is 11.4. The zero-order valence-electron chi connectivity index (χ0n) is 17.4. The first-order valence-electron chi connectivity index (χ1n) is 10.6. The zero-order valence-corrected chi connectivity index (χ0v) is 18.2. The number of rotatable bonds is 4. The standard InChI is InChI=1S/C28H25NS/c1-19(21-10-5-3-6-11-21)23-16-17-25-27(18-23)30-28-24(14-9-15-26(28)29-25)20(2)22-12-7-4-8-13-22/h3-16,18-20H,17H2,1-2H3. The van der Waals surface area contributed by atoms with E-state index in [4.69, 9.17) is 4.99 Å². The number of hydrogen-bond donors (Lipinski definition) is 0. The lowest BCUT2D eigenvalue weighted by Crippen LogP contribution is -2.11. The fourth-order valence-corrected chi connectivity index (χ4v) is 5.54. The van der Waals surface area contributed by atoms with E-state index in [2.05, 4.69) is 105 Å². The van der Waals surface area contributed by atoms with Crippen LogP contribution in [0.15, 0.2) is 111 Å². The predicted molar refractivity (Wildman–Crippen MR) is 129 cm³/mol. The third-order valence-corrected chi connectivity index (χ3v) is 7.39. The van der Waals surface area contributed by atoms with Gasteiger partial charge in [0.15, 0.2) is 0 Å². The summed E-state index contributed by atoms with van der Waals surface area (Å²) in [6, 6.07) is 28.1. The van der Waals surface area contributed by atoms with Crippen molar-refractivity contribution in [1.29, 1.82) is 0 Å². The molecule has 1 nitrogen and oxygen atoms in total. The van der Waals surface area contributed by atoms with E-state index in [9.17, 15) is 0 Å². The molecule has 148 valence electrons. The van der Waals surface area contributed by atoms with Crippen molar-refractivity contribution in [2.45, 2.75) is 37.0 Å². The molecule has 0 bridgehead atoms. The number of hydrogen-bond acceptors (Lipinski definition) is 2. The van der Waals surface area contributed by atoms with Gasteiger partial charge in [0.2, 0.25) is 0 Å². The quantitative estimate of drug-likeness (QED) is 0.426. The van der Waals surface area contributed by atoms with Gasteiger partial charge in [-0.3, -0.25) is 4.99 Å². The Kier molecular flexibility index (Phi) is 5.18. The van der Waals surface area contributed by atoms with Crippen molar-refractivity contribution in [3.05, 3.63) is 118 Å². The van der Waals surface area contributed by atoms with Crippen molar-refractivity contribution < 1.29 is 0 Å². The van der Waals surface area contributed by atoms with Gasteiger partial charge in [-0.25, -0.2) is 0 Å². The van der Waals surface area contributed by atoms with Crippen molar-refractivity contribution in [1.82, 2.24) is 0 Å². The second kappa shape index (κ2) is 8.12. The van der Waals surface area contributed by atoms with Crippen molar-refractivity contribution in [3.8, 4) is 0 Å². The minimum atomic E-state index is 0.341. The minimum Gasteiger partial charge on any atom is -0.251 e. The summed E-state index contributed by atoms with van der Waals surface area (Å²) in [5.74, 6) is 0.730. The molecule has 0 amide bonds. The Morgan fingerprint density at radius 1 is 0.767 bits per heavy atom. The van der Waals surface area contributed by atoms with Crippen molar-refractivity contribution in [2.75, 3.05) is 0 Å². The topological polar surface area (TPSA) is 12.4 Å². The van der Waals surface area contributed by atoms with Crippen LogP contribution in [-0.2, 0) is 0 Å². The van der Waals surface area contributed by atoms with E-state index in [-0.39, 0.29) is 0 Å². The van der Waals surface area contributed by atoms with Crippen LogP contribution in [0.1, 0.15) is 48.8 Å². The maximum atomic E-state index is 5.05. The molecular formula is C28H25NS. The highest BCUT2D eigenvalue weighted by Crippen LogP contribution is 2.47. The number of allylic oxidation sites excluding steroid dienone is 4. The SMILES string of the molecule is CC(C1=CCC2=Nc3cccc(C(C)c4ccccc4)c3SC2=C1)c1ccccc1. The number of nitrogens with zero attached hydrogens (tertiary/aromatic N) is 1. The van der Waals surface area contributed by atoms with E-state index in [1.54, 1.807) is 0 Å². The van der Waals surface area contributed by atoms with Crippen LogP contribution in [-0.4, -0.2) is 5.71 Å². The lowest BCUT2D eigenvalue weighted by atomic mass is 9.89. The summed E-state index contributed by atoms with van der Waals surface area (Å²) in [7, 11) is 0. The normalized spacial score (nSPS) is 17.1. The Bertz CT molecular complexity index is 1160. The van der Waals surface area contributed by atoms with E-state index >= 15 is 0 Å². The van der Waals surface area contributed by atoms with Crippen molar-refractivity contribution in [3.63, 3.8) is 0 Å². The molecule has 1 aliphatic heterocycles. The summed E-state index contributed by atoms with van der Waals surface area (Å²) in [4.78, 5) is 7.66. The van der Waals surface area contributed by atoms with Gasteiger partial charge in [-0.2, -0.15) is 0 Å². The van der Waals surface area contributed by atoms with E-state index < -0.39 is 0 Å². The molecule has 0 radical (unpaired) electrons. The molecule has 2 aliphatic rings. The van der Waals surface area contributed by atoms with Gasteiger partial charge in [0, 0.05) is 28.1 Å². The fraction of sp³-hybridized carbons (Fsp3) is 0.179. The smallest absolute Gasteiger partial charge is 0.0775 e. The van der Waals surface area contributed by atoms with Crippen LogP contribution in [0, 0.1) is 0 Å². The summed E-state index contributed by atoms with van der Waals surface area (Å²) >= 11 is 1.90. The van der Waals surface area contributed by atoms with E-state index in [0.29, 0.717) is 11.8 Å². The molecule has 1 heterocycles. The van der Waals surface area contributed by atoms with Crippen LogP contribution >= 0.6 is 11.8 Å². The Labute approximate surface area is 183 Å². The second-order valence-corrected chi connectivity index (χ2v) is 9.09. The van der Waals surface area contributed by atoms with E-state index in [0.717, 1.165) is 12.1 Å².